The van der Waals surface area contributed by atoms with Gasteiger partial charge in [-0.3, -0.25) is 9.80 Å². The fraction of sp³-hybridized carbons (Fsp3) is 0.615. The number of halogens is 2. The van der Waals surface area contributed by atoms with E-state index in [-0.39, 0.29) is 6.04 Å². The Labute approximate surface area is 218 Å². The minimum absolute atomic E-state index is 0.164. The first-order valence-electron chi connectivity index (χ1n) is 12.4. The molecule has 3 fully saturated rings. The van der Waals surface area contributed by atoms with Crippen LogP contribution in [0.3, 0.4) is 0 Å². The zero-order chi connectivity index (χ0) is 25.5. The monoisotopic (exact) mass is 521 g/mol. The third-order valence-electron chi connectivity index (χ3n) is 8.33. The maximum Gasteiger partial charge on any atom is 0.309 e. The molecular weight excluding hydrogens is 485 g/mol. The second-order valence-corrected chi connectivity index (χ2v) is 11.7. The summed E-state index contributed by atoms with van der Waals surface area (Å²) in [5.74, 6) is 8.37. The summed E-state index contributed by atoms with van der Waals surface area (Å²) in [6.07, 6.45) is 3.97. The van der Waals surface area contributed by atoms with E-state index in [9.17, 15) is 9.90 Å². The molecule has 2 aliphatic heterocycles. The minimum Gasteiger partial charge on any atom is -0.481 e. The summed E-state index contributed by atoms with van der Waals surface area (Å²) in [5.41, 5.74) is 0.353. The lowest BCUT2D eigenvalue weighted by Gasteiger charge is -2.52. The van der Waals surface area contributed by atoms with Crippen molar-refractivity contribution in [3.05, 3.63) is 46.2 Å². The van der Waals surface area contributed by atoms with Crippen LogP contribution in [0.2, 0.25) is 10.0 Å². The van der Waals surface area contributed by atoms with Crippen molar-refractivity contribution in [2.45, 2.75) is 58.5 Å². The van der Waals surface area contributed by atoms with E-state index in [1.54, 1.807) is 17.1 Å². The largest absolute Gasteiger partial charge is 0.481 e. The second-order valence-electron chi connectivity index (χ2n) is 10.8. The molecule has 2 heterocycles. The van der Waals surface area contributed by atoms with Crippen LogP contribution in [0.1, 0.15) is 58.1 Å². The summed E-state index contributed by atoms with van der Waals surface area (Å²) < 4.78 is 0. The number of hydrogen-bond acceptors (Lipinski definition) is 5. The van der Waals surface area contributed by atoms with Gasteiger partial charge in [0.15, 0.2) is 0 Å². The van der Waals surface area contributed by atoms with Gasteiger partial charge in [-0.2, -0.15) is 0 Å². The Morgan fingerprint density at radius 1 is 1.29 bits per heavy atom. The van der Waals surface area contributed by atoms with Crippen LogP contribution in [0.4, 0.5) is 0 Å². The normalized spacial score (nSPS) is 28.7. The van der Waals surface area contributed by atoms with Gasteiger partial charge in [0.05, 0.1) is 11.5 Å². The zero-order valence-electron chi connectivity index (χ0n) is 20.9. The van der Waals surface area contributed by atoms with E-state index in [4.69, 9.17) is 29.0 Å². The van der Waals surface area contributed by atoms with Gasteiger partial charge in [-0.05, 0) is 82.5 Å². The summed E-state index contributed by atoms with van der Waals surface area (Å²) in [6.45, 7) is 14.0. The topological polar surface area (TPSA) is 85.4 Å². The lowest BCUT2D eigenvalue weighted by atomic mass is 9.65. The van der Waals surface area contributed by atoms with E-state index in [1.807, 2.05) is 26.8 Å². The van der Waals surface area contributed by atoms with Crippen LogP contribution in [0, 0.1) is 17.3 Å². The number of aliphatic imine (C=N–C) groups is 1. The molecule has 2 saturated heterocycles. The Morgan fingerprint density at radius 2 is 1.97 bits per heavy atom. The van der Waals surface area contributed by atoms with E-state index in [0.29, 0.717) is 33.8 Å². The van der Waals surface area contributed by atoms with Crippen molar-refractivity contribution in [1.82, 2.24) is 14.8 Å². The molecule has 0 amide bonds. The van der Waals surface area contributed by atoms with E-state index >= 15 is 0 Å². The minimum atomic E-state index is -0.659. The number of amidine groups is 1. The SMILES string of the molecule is C=C(/N=C(\C)N(N)C(C)c1ccc(Cl)cc1Cl)N1CC(C2CCCN(C3CC(C)(C(=O)O)C3)C2)C1. The van der Waals surface area contributed by atoms with Crippen LogP contribution in [0.25, 0.3) is 0 Å². The lowest BCUT2D eigenvalue weighted by Crippen LogP contribution is -2.58. The van der Waals surface area contributed by atoms with Crippen LogP contribution < -0.4 is 5.84 Å². The molecule has 4 rings (SSSR count). The molecule has 2 atom stereocenters. The number of carbonyl (C=O) groups is 1. The lowest BCUT2D eigenvalue weighted by molar-refractivity contribution is -0.158. The smallest absolute Gasteiger partial charge is 0.309 e. The molecule has 3 N–H and O–H groups in total. The zero-order valence-corrected chi connectivity index (χ0v) is 22.4. The van der Waals surface area contributed by atoms with Crippen LogP contribution >= 0.6 is 23.2 Å². The predicted molar refractivity (Wildman–Crippen MR) is 141 cm³/mol. The summed E-state index contributed by atoms with van der Waals surface area (Å²) >= 11 is 12.4. The van der Waals surface area contributed by atoms with E-state index < -0.39 is 11.4 Å². The fourth-order valence-electron chi connectivity index (χ4n) is 5.78. The molecule has 0 bridgehead atoms. The molecule has 1 aliphatic carbocycles. The number of carboxylic acids is 1. The molecule has 7 nitrogen and oxygen atoms in total. The molecule has 1 saturated carbocycles. The van der Waals surface area contributed by atoms with Crippen LogP contribution in [0.5, 0.6) is 0 Å². The van der Waals surface area contributed by atoms with Gasteiger partial charge in [-0.1, -0.05) is 35.8 Å². The number of piperidine rings is 1. The number of carboxylic acid groups (broad SMARTS) is 1. The van der Waals surface area contributed by atoms with Crippen molar-refractivity contribution < 1.29 is 9.90 Å². The Morgan fingerprint density at radius 3 is 2.60 bits per heavy atom. The van der Waals surface area contributed by atoms with Gasteiger partial charge < -0.3 is 14.9 Å². The average molecular weight is 523 g/mol. The number of nitrogens with zero attached hydrogens (tertiary/aromatic N) is 4. The van der Waals surface area contributed by atoms with Crippen molar-refractivity contribution in [2.75, 3.05) is 26.2 Å². The first-order valence-corrected chi connectivity index (χ1v) is 13.2. The summed E-state index contributed by atoms with van der Waals surface area (Å²) in [7, 11) is 0. The molecule has 192 valence electrons. The Bertz CT molecular complexity index is 1000. The third-order valence-corrected chi connectivity index (χ3v) is 8.89. The first kappa shape index (κ1) is 26.3. The molecule has 1 aromatic carbocycles. The first-order chi connectivity index (χ1) is 16.5. The van der Waals surface area contributed by atoms with Crippen molar-refractivity contribution in [3.8, 4) is 0 Å². The standard InChI is InChI=1S/C26H37Cl2N5O2/c1-16(23-8-7-21(27)10-24(23)28)33(29)18(3)30-17(2)32-14-20(15-32)19-6-5-9-31(13-19)22-11-26(4,12-22)25(34)35/h7-8,10,16,19-20,22H,2,5-6,9,11-15,29H2,1,3-4H3,(H,34,35)/b30-18+. The molecule has 2 unspecified atom stereocenters. The van der Waals surface area contributed by atoms with Crippen molar-refractivity contribution in [1.29, 1.82) is 0 Å². The van der Waals surface area contributed by atoms with Gasteiger partial charge in [-0.25, -0.2) is 10.8 Å². The number of aliphatic carboxylic acids is 1. The van der Waals surface area contributed by atoms with Crippen LogP contribution in [-0.2, 0) is 4.79 Å². The molecule has 0 radical (unpaired) electrons. The highest BCUT2D eigenvalue weighted by Crippen LogP contribution is 2.45. The highest BCUT2D eigenvalue weighted by molar-refractivity contribution is 6.35. The second kappa shape index (κ2) is 10.3. The third kappa shape index (κ3) is 5.48. The maximum atomic E-state index is 11.5. The number of likely N-dealkylation sites (tertiary alicyclic amines) is 2. The van der Waals surface area contributed by atoms with E-state index in [1.165, 1.54) is 12.8 Å². The van der Waals surface area contributed by atoms with Gasteiger partial charge >= 0.3 is 5.97 Å². The number of nitrogens with two attached hydrogens (primary N) is 1. The van der Waals surface area contributed by atoms with Crippen molar-refractivity contribution in [2.24, 2.45) is 28.1 Å². The molecular formula is C26H37Cl2N5O2. The highest BCUT2D eigenvalue weighted by atomic mass is 35.5. The average Bonchev–Trinajstić information content (AvgIpc) is 2.75. The van der Waals surface area contributed by atoms with E-state index in [0.717, 1.165) is 50.4 Å². The van der Waals surface area contributed by atoms with Gasteiger partial charge in [0, 0.05) is 35.7 Å². The number of hydrazine groups is 1. The molecule has 9 heteroatoms. The highest BCUT2D eigenvalue weighted by Gasteiger charge is 2.49. The summed E-state index contributed by atoms with van der Waals surface area (Å²) in [5, 5.41) is 12.2. The number of hydrogen-bond donors (Lipinski definition) is 2. The summed E-state index contributed by atoms with van der Waals surface area (Å²) in [4.78, 5) is 20.9. The molecule has 1 aromatic rings. The molecule has 0 aromatic heterocycles. The van der Waals surface area contributed by atoms with Gasteiger partial charge in [-0.15, -0.1) is 0 Å². The van der Waals surface area contributed by atoms with Gasteiger partial charge in [0.1, 0.15) is 11.7 Å². The molecule has 3 aliphatic rings. The van der Waals surface area contributed by atoms with Crippen LogP contribution in [-0.4, -0.2) is 63.9 Å². The Hall–Kier alpha value is -1.80. The fourth-order valence-corrected chi connectivity index (χ4v) is 6.34. The van der Waals surface area contributed by atoms with Crippen molar-refractivity contribution in [3.63, 3.8) is 0 Å². The Balaban J connectivity index is 1.27. The van der Waals surface area contributed by atoms with Gasteiger partial charge in [0.25, 0.3) is 0 Å². The van der Waals surface area contributed by atoms with Crippen molar-refractivity contribution >= 4 is 35.0 Å². The predicted octanol–water partition coefficient (Wildman–Crippen LogP) is 5.02. The van der Waals surface area contributed by atoms with E-state index in [2.05, 4.69) is 21.4 Å². The molecule has 35 heavy (non-hydrogen) atoms. The Kier molecular flexibility index (Phi) is 7.72. The van der Waals surface area contributed by atoms with Crippen LogP contribution in [0.15, 0.2) is 35.6 Å². The maximum absolute atomic E-state index is 11.5. The van der Waals surface area contributed by atoms with Gasteiger partial charge in [0.2, 0.25) is 0 Å². The summed E-state index contributed by atoms with van der Waals surface area (Å²) in [6, 6.07) is 5.67. The number of rotatable bonds is 7. The number of benzene rings is 1. The molecule has 0 spiro atoms. The quantitative estimate of drug-likeness (QED) is 0.227.